The first-order chi connectivity index (χ1) is 11.9. The van der Waals surface area contributed by atoms with Crippen molar-refractivity contribution in [1.82, 2.24) is 4.90 Å². The average Bonchev–Trinajstić information content (AvgIpc) is 2.91. The number of aliphatic hydroxyl groups is 1. The van der Waals surface area contributed by atoms with E-state index in [0.717, 1.165) is 0 Å². The van der Waals surface area contributed by atoms with Crippen LogP contribution in [0.15, 0.2) is 48.5 Å². The minimum absolute atomic E-state index is 0.0484. The topological polar surface area (TPSA) is 49.8 Å². The summed E-state index contributed by atoms with van der Waals surface area (Å²) < 4.78 is 5.66. The molecule has 4 nitrogen and oxygen atoms in total. The maximum absolute atomic E-state index is 12.6. The van der Waals surface area contributed by atoms with Gasteiger partial charge in [0.1, 0.15) is 6.61 Å². The van der Waals surface area contributed by atoms with Crippen molar-refractivity contribution < 1.29 is 14.6 Å². The first-order valence-corrected chi connectivity index (χ1v) is 8.67. The molecule has 4 heteroatoms. The summed E-state index contributed by atoms with van der Waals surface area (Å²) in [7, 11) is 0. The highest BCUT2D eigenvalue weighted by molar-refractivity contribution is 5.79. The summed E-state index contributed by atoms with van der Waals surface area (Å²) in [6.07, 6.45) is -0.386. The van der Waals surface area contributed by atoms with Gasteiger partial charge in [-0.05, 0) is 43.0 Å². The van der Waals surface area contributed by atoms with Crippen LogP contribution in [-0.4, -0.2) is 41.4 Å². The van der Waals surface area contributed by atoms with Crippen molar-refractivity contribution >= 4 is 6.09 Å². The van der Waals surface area contributed by atoms with Gasteiger partial charge < -0.3 is 14.7 Å². The molecule has 1 N–H and O–H groups in total. The predicted octanol–water partition coefficient (Wildman–Crippen LogP) is 4.03. The van der Waals surface area contributed by atoms with Gasteiger partial charge in [-0.25, -0.2) is 4.79 Å². The molecule has 0 aliphatic heterocycles. The van der Waals surface area contributed by atoms with E-state index in [1.54, 1.807) is 4.90 Å². The Kier molecular flexibility index (Phi) is 4.82. The van der Waals surface area contributed by atoms with Crippen molar-refractivity contribution in [1.29, 1.82) is 0 Å². The zero-order valence-electron chi connectivity index (χ0n) is 15.0. The molecule has 0 atom stereocenters. The fourth-order valence-electron chi connectivity index (χ4n) is 3.47. The summed E-state index contributed by atoms with van der Waals surface area (Å²) in [6, 6.07) is 16.5. The third kappa shape index (κ3) is 3.40. The molecule has 2 aromatic rings. The third-order valence-corrected chi connectivity index (χ3v) is 4.69. The van der Waals surface area contributed by atoms with Crippen LogP contribution in [0.1, 0.15) is 37.8 Å². The molecule has 0 aromatic heterocycles. The summed E-state index contributed by atoms with van der Waals surface area (Å²) in [5, 5.41) is 9.24. The van der Waals surface area contributed by atoms with Gasteiger partial charge in [0.2, 0.25) is 0 Å². The SMILES string of the molecule is CC(C)(C)N(CCO)C(=O)OCC1c2ccccc2-c2ccccc21. The zero-order chi connectivity index (χ0) is 18.0. The maximum Gasteiger partial charge on any atom is 0.410 e. The van der Waals surface area contributed by atoms with Gasteiger partial charge >= 0.3 is 6.09 Å². The van der Waals surface area contributed by atoms with Crippen molar-refractivity contribution in [3.05, 3.63) is 59.7 Å². The van der Waals surface area contributed by atoms with Crippen molar-refractivity contribution in [2.45, 2.75) is 32.2 Å². The lowest BCUT2D eigenvalue weighted by Crippen LogP contribution is -2.47. The lowest BCUT2D eigenvalue weighted by Gasteiger charge is -2.34. The Balaban J connectivity index is 1.80. The Morgan fingerprint density at radius 3 is 2.04 bits per heavy atom. The van der Waals surface area contributed by atoms with Gasteiger partial charge in [0.15, 0.2) is 0 Å². The molecule has 132 valence electrons. The molecule has 0 saturated heterocycles. The van der Waals surface area contributed by atoms with Gasteiger partial charge in [-0.15, -0.1) is 0 Å². The number of fused-ring (bicyclic) bond motifs is 3. The number of rotatable bonds is 4. The zero-order valence-corrected chi connectivity index (χ0v) is 15.0. The van der Waals surface area contributed by atoms with Gasteiger partial charge in [-0.2, -0.15) is 0 Å². The molecule has 0 radical (unpaired) electrons. The van der Waals surface area contributed by atoms with E-state index in [0.29, 0.717) is 6.61 Å². The molecular weight excluding hydrogens is 314 g/mol. The molecule has 0 spiro atoms. The second-order valence-electron chi connectivity index (χ2n) is 7.35. The van der Waals surface area contributed by atoms with E-state index in [4.69, 9.17) is 4.74 Å². The number of nitrogens with zero attached hydrogens (tertiary/aromatic N) is 1. The van der Waals surface area contributed by atoms with Crippen LogP contribution in [0.4, 0.5) is 4.79 Å². The molecule has 25 heavy (non-hydrogen) atoms. The van der Waals surface area contributed by atoms with E-state index in [-0.39, 0.29) is 25.2 Å². The smallest absolute Gasteiger partial charge is 0.410 e. The molecule has 0 fully saturated rings. The predicted molar refractivity (Wildman–Crippen MR) is 98.6 cm³/mol. The second-order valence-corrected chi connectivity index (χ2v) is 7.35. The molecule has 1 aliphatic carbocycles. The fourth-order valence-corrected chi connectivity index (χ4v) is 3.47. The number of carbonyl (C=O) groups is 1. The largest absolute Gasteiger partial charge is 0.448 e. The molecule has 2 aromatic carbocycles. The summed E-state index contributed by atoms with van der Waals surface area (Å²) in [4.78, 5) is 14.1. The van der Waals surface area contributed by atoms with Crippen LogP contribution in [0.5, 0.6) is 0 Å². The van der Waals surface area contributed by atoms with Crippen LogP contribution in [0.3, 0.4) is 0 Å². The maximum atomic E-state index is 12.6. The Hall–Kier alpha value is -2.33. The molecule has 0 bridgehead atoms. The second kappa shape index (κ2) is 6.89. The van der Waals surface area contributed by atoms with E-state index in [1.165, 1.54) is 22.3 Å². The quantitative estimate of drug-likeness (QED) is 0.915. The van der Waals surface area contributed by atoms with Crippen LogP contribution in [0.25, 0.3) is 11.1 Å². The monoisotopic (exact) mass is 339 g/mol. The molecule has 1 aliphatic rings. The fraction of sp³-hybridized carbons (Fsp3) is 0.381. The number of β-amino-alcohol motifs (C(OH)–C–C–N with tert-alkyl or cyclic N) is 1. The van der Waals surface area contributed by atoms with Crippen molar-refractivity contribution in [3.8, 4) is 11.1 Å². The highest BCUT2D eigenvalue weighted by Crippen LogP contribution is 2.44. The molecule has 0 heterocycles. The van der Waals surface area contributed by atoms with Gasteiger partial charge in [0.25, 0.3) is 0 Å². The Bertz CT molecular complexity index is 718. The number of ether oxygens (including phenoxy) is 1. The first kappa shape index (κ1) is 17.5. The molecular formula is C21H25NO3. The van der Waals surface area contributed by atoms with E-state index in [2.05, 4.69) is 24.3 Å². The summed E-state index contributed by atoms with van der Waals surface area (Å²) >= 11 is 0. The number of benzene rings is 2. The number of hydrogen-bond donors (Lipinski definition) is 1. The first-order valence-electron chi connectivity index (χ1n) is 8.67. The Morgan fingerprint density at radius 1 is 1.04 bits per heavy atom. The van der Waals surface area contributed by atoms with Crippen molar-refractivity contribution in [2.75, 3.05) is 19.8 Å². The van der Waals surface area contributed by atoms with Crippen molar-refractivity contribution in [3.63, 3.8) is 0 Å². The van der Waals surface area contributed by atoms with Crippen LogP contribution in [-0.2, 0) is 4.74 Å². The average molecular weight is 339 g/mol. The van der Waals surface area contributed by atoms with Crippen LogP contribution in [0, 0.1) is 0 Å². The molecule has 3 rings (SSSR count). The standard InChI is InChI=1S/C21H25NO3/c1-21(2,3)22(12-13-23)20(24)25-14-19-17-10-6-4-8-15(17)16-9-5-7-11-18(16)19/h4-11,19,23H,12-14H2,1-3H3. The lowest BCUT2D eigenvalue weighted by molar-refractivity contribution is 0.0564. The van der Waals surface area contributed by atoms with Crippen LogP contribution < -0.4 is 0 Å². The number of amides is 1. The highest BCUT2D eigenvalue weighted by atomic mass is 16.6. The summed E-state index contributed by atoms with van der Waals surface area (Å²) in [5.41, 5.74) is 4.41. The minimum Gasteiger partial charge on any atom is -0.448 e. The number of hydrogen-bond acceptors (Lipinski definition) is 3. The van der Waals surface area contributed by atoms with E-state index < -0.39 is 5.54 Å². The summed E-state index contributed by atoms with van der Waals surface area (Å²) in [6.45, 7) is 6.28. The summed E-state index contributed by atoms with van der Waals surface area (Å²) in [5.74, 6) is 0.0484. The van der Waals surface area contributed by atoms with E-state index in [1.807, 2.05) is 45.0 Å². The number of carbonyl (C=O) groups excluding carboxylic acids is 1. The van der Waals surface area contributed by atoms with Crippen LogP contribution >= 0.6 is 0 Å². The van der Waals surface area contributed by atoms with Gasteiger partial charge in [0, 0.05) is 18.0 Å². The number of aliphatic hydroxyl groups excluding tert-OH is 1. The van der Waals surface area contributed by atoms with Gasteiger partial charge in [0.05, 0.1) is 6.61 Å². The normalized spacial score (nSPS) is 13.3. The molecule has 1 amide bonds. The Labute approximate surface area is 149 Å². The van der Waals surface area contributed by atoms with E-state index in [9.17, 15) is 9.90 Å². The molecule has 0 saturated carbocycles. The Morgan fingerprint density at radius 2 is 1.56 bits per heavy atom. The lowest BCUT2D eigenvalue weighted by atomic mass is 9.98. The van der Waals surface area contributed by atoms with Crippen LogP contribution in [0.2, 0.25) is 0 Å². The van der Waals surface area contributed by atoms with Crippen molar-refractivity contribution in [2.24, 2.45) is 0 Å². The van der Waals surface area contributed by atoms with E-state index >= 15 is 0 Å². The third-order valence-electron chi connectivity index (χ3n) is 4.69. The van der Waals surface area contributed by atoms with Gasteiger partial charge in [-0.3, -0.25) is 0 Å². The minimum atomic E-state index is -0.398. The highest BCUT2D eigenvalue weighted by Gasteiger charge is 2.31. The van der Waals surface area contributed by atoms with Gasteiger partial charge in [-0.1, -0.05) is 48.5 Å². The molecule has 0 unspecified atom stereocenters.